The topological polar surface area (TPSA) is 64.9 Å². The number of pyridine rings is 1. The van der Waals surface area contributed by atoms with Crippen LogP contribution in [0.2, 0.25) is 5.02 Å². The van der Waals surface area contributed by atoms with Gasteiger partial charge in [-0.2, -0.15) is 0 Å². The van der Waals surface area contributed by atoms with Crippen molar-refractivity contribution in [3.8, 4) is 11.5 Å². The first-order chi connectivity index (χ1) is 14.1. The fraction of sp³-hybridized carbons (Fsp3) is 0.364. The second-order valence-corrected chi connectivity index (χ2v) is 6.93. The van der Waals surface area contributed by atoms with Gasteiger partial charge in [0.05, 0.1) is 23.9 Å². The van der Waals surface area contributed by atoms with Crippen molar-refractivity contribution in [3.63, 3.8) is 0 Å². The molecule has 1 amide bonds. The van der Waals surface area contributed by atoms with Crippen molar-refractivity contribution >= 4 is 23.2 Å². The summed E-state index contributed by atoms with van der Waals surface area (Å²) in [6.45, 7) is 7.51. The molecule has 0 aliphatic heterocycles. The van der Waals surface area contributed by atoms with Gasteiger partial charge in [-0.1, -0.05) is 24.6 Å². The number of aryl methyl sites for hydroxylation is 1. The maximum absolute atomic E-state index is 12.9. The van der Waals surface area contributed by atoms with Gasteiger partial charge in [-0.15, -0.1) is 0 Å². The van der Waals surface area contributed by atoms with Gasteiger partial charge >= 0.3 is 0 Å². The third-order valence-corrected chi connectivity index (χ3v) is 4.74. The van der Waals surface area contributed by atoms with Crippen LogP contribution in [0.5, 0.6) is 11.5 Å². The van der Waals surface area contributed by atoms with E-state index in [1.165, 1.54) is 0 Å². The zero-order valence-electron chi connectivity index (χ0n) is 17.0. The number of amides is 1. The molecule has 0 aliphatic carbocycles. The summed E-state index contributed by atoms with van der Waals surface area (Å²) in [5.41, 5.74) is 3.06. The number of imidazole rings is 1. The third kappa shape index (κ3) is 4.82. The van der Waals surface area contributed by atoms with Crippen LogP contribution < -0.4 is 14.8 Å². The highest BCUT2D eigenvalue weighted by Gasteiger charge is 2.18. The molecule has 2 heterocycles. The standard InChI is InChI=1S/C22H26ClN3O3/c1-4-17-21(26-14-16(23)8-10-20(26)25-17)22(27)24-12-11-15-7-9-18(28-5-2)19(13-15)29-6-3/h7-10,13-14H,4-6,11-12H2,1-3H3,(H,24,27). The first kappa shape index (κ1) is 21.0. The molecule has 154 valence electrons. The number of benzene rings is 1. The molecule has 29 heavy (non-hydrogen) atoms. The van der Waals surface area contributed by atoms with Crippen molar-refractivity contribution in [2.24, 2.45) is 0 Å². The summed E-state index contributed by atoms with van der Waals surface area (Å²) in [6, 6.07) is 9.45. The van der Waals surface area contributed by atoms with Crippen molar-refractivity contribution < 1.29 is 14.3 Å². The average molecular weight is 416 g/mol. The first-order valence-electron chi connectivity index (χ1n) is 9.90. The lowest BCUT2D eigenvalue weighted by atomic mass is 10.1. The lowest BCUT2D eigenvalue weighted by molar-refractivity contribution is 0.0947. The monoisotopic (exact) mass is 415 g/mol. The van der Waals surface area contributed by atoms with Crippen molar-refractivity contribution in [1.82, 2.24) is 14.7 Å². The van der Waals surface area contributed by atoms with Crippen LogP contribution in [0.25, 0.3) is 5.65 Å². The van der Waals surface area contributed by atoms with E-state index in [2.05, 4.69) is 10.3 Å². The van der Waals surface area contributed by atoms with Crippen LogP contribution in [-0.4, -0.2) is 35.1 Å². The molecule has 0 atom stereocenters. The van der Waals surface area contributed by atoms with E-state index in [1.807, 2.05) is 45.0 Å². The number of hydrogen-bond donors (Lipinski definition) is 1. The molecule has 0 saturated heterocycles. The van der Waals surface area contributed by atoms with Gasteiger partial charge in [0.1, 0.15) is 11.3 Å². The molecule has 0 bridgehead atoms. The Balaban J connectivity index is 1.71. The maximum Gasteiger partial charge on any atom is 0.270 e. The van der Waals surface area contributed by atoms with Gasteiger partial charge in [0.15, 0.2) is 11.5 Å². The minimum atomic E-state index is -0.160. The van der Waals surface area contributed by atoms with Gasteiger partial charge in [0.2, 0.25) is 0 Å². The molecular formula is C22H26ClN3O3. The summed E-state index contributed by atoms with van der Waals surface area (Å²) in [5.74, 6) is 1.30. The summed E-state index contributed by atoms with van der Waals surface area (Å²) in [7, 11) is 0. The zero-order chi connectivity index (χ0) is 20.8. The van der Waals surface area contributed by atoms with Crippen molar-refractivity contribution in [1.29, 1.82) is 0 Å². The molecule has 3 aromatic rings. The molecule has 7 heteroatoms. The normalized spacial score (nSPS) is 10.9. The Bertz CT molecular complexity index is 1000. The predicted molar refractivity (Wildman–Crippen MR) is 114 cm³/mol. The Morgan fingerprint density at radius 3 is 2.59 bits per heavy atom. The highest BCUT2D eigenvalue weighted by atomic mass is 35.5. The van der Waals surface area contributed by atoms with Gasteiger partial charge in [-0.3, -0.25) is 9.20 Å². The number of nitrogens with zero attached hydrogens (tertiary/aromatic N) is 2. The highest BCUT2D eigenvalue weighted by molar-refractivity contribution is 6.30. The summed E-state index contributed by atoms with van der Waals surface area (Å²) >= 11 is 6.11. The molecule has 1 N–H and O–H groups in total. The SMILES string of the molecule is CCOc1ccc(CCNC(=O)c2c(CC)nc3ccc(Cl)cn23)cc1OCC. The molecule has 0 radical (unpaired) electrons. The van der Waals surface area contributed by atoms with E-state index in [1.54, 1.807) is 16.7 Å². The number of aromatic nitrogens is 2. The minimum absolute atomic E-state index is 0.160. The molecule has 1 aromatic carbocycles. The van der Waals surface area contributed by atoms with Crippen LogP contribution in [0, 0.1) is 0 Å². The lowest BCUT2D eigenvalue weighted by Gasteiger charge is -2.13. The number of nitrogens with one attached hydrogen (secondary N) is 1. The summed E-state index contributed by atoms with van der Waals surface area (Å²) in [4.78, 5) is 17.4. The number of carbonyl (C=O) groups excluding carboxylic acids is 1. The Kier molecular flexibility index (Phi) is 6.99. The number of halogens is 1. The first-order valence-corrected chi connectivity index (χ1v) is 10.3. The molecule has 0 fully saturated rings. The molecule has 3 rings (SSSR count). The van der Waals surface area contributed by atoms with Gasteiger partial charge in [0.25, 0.3) is 5.91 Å². The predicted octanol–water partition coefficient (Wildman–Crippen LogP) is 4.32. The highest BCUT2D eigenvalue weighted by Crippen LogP contribution is 2.28. The van der Waals surface area contributed by atoms with Gasteiger partial charge in [-0.25, -0.2) is 4.98 Å². The fourth-order valence-electron chi connectivity index (χ4n) is 3.21. The lowest BCUT2D eigenvalue weighted by Crippen LogP contribution is -2.27. The Labute approximate surface area is 175 Å². The van der Waals surface area contributed by atoms with E-state index in [0.29, 0.717) is 49.0 Å². The van der Waals surface area contributed by atoms with E-state index >= 15 is 0 Å². The number of rotatable bonds is 9. The van der Waals surface area contributed by atoms with Crippen LogP contribution in [0.4, 0.5) is 0 Å². The average Bonchev–Trinajstić information content (AvgIpc) is 3.08. The van der Waals surface area contributed by atoms with E-state index in [4.69, 9.17) is 21.1 Å². The third-order valence-electron chi connectivity index (χ3n) is 4.51. The summed E-state index contributed by atoms with van der Waals surface area (Å²) in [6.07, 6.45) is 3.06. The molecule has 0 saturated carbocycles. The molecular weight excluding hydrogens is 390 g/mol. The number of hydrogen-bond acceptors (Lipinski definition) is 4. The summed E-state index contributed by atoms with van der Waals surface area (Å²) in [5, 5.41) is 3.56. The van der Waals surface area contributed by atoms with E-state index < -0.39 is 0 Å². The van der Waals surface area contributed by atoms with E-state index in [9.17, 15) is 4.79 Å². The maximum atomic E-state index is 12.9. The smallest absolute Gasteiger partial charge is 0.270 e. The van der Waals surface area contributed by atoms with Gasteiger partial charge < -0.3 is 14.8 Å². The largest absolute Gasteiger partial charge is 0.490 e. The van der Waals surface area contributed by atoms with Crippen molar-refractivity contribution in [2.45, 2.75) is 33.6 Å². The van der Waals surface area contributed by atoms with Crippen molar-refractivity contribution in [2.75, 3.05) is 19.8 Å². The Hall–Kier alpha value is -2.73. The van der Waals surface area contributed by atoms with E-state index in [0.717, 1.165) is 22.8 Å². The van der Waals surface area contributed by atoms with Crippen LogP contribution in [-0.2, 0) is 12.8 Å². The minimum Gasteiger partial charge on any atom is -0.490 e. The quantitative estimate of drug-likeness (QED) is 0.565. The number of carbonyl (C=O) groups is 1. The van der Waals surface area contributed by atoms with Crippen LogP contribution >= 0.6 is 11.6 Å². The van der Waals surface area contributed by atoms with Gasteiger partial charge in [-0.05, 0) is 56.5 Å². The molecule has 6 nitrogen and oxygen atoms in total. The van der Waals surface area contributed by atoms with Crippen molar-refractivity contribution in [3.05, 3.63) is 58.5 Å². The van der Waals surface area contributed by atoms with Crippen LogP contribution in [0.15, 0.2) is 36.5 Å². The molecule has 2 aromatic heterocycles. The Morgan fingerprint density at radius 1 is 1.10 bits per heavy atom. The van der Waals surface area contributed by atoms with Crippen LogP contribution in [0.3, 0.4) is 0 Å². The van der Waals surface area contributed by atoms with Gasteiger partial charge in [0, 0.05) is 12.7 Å². The number of ether oxygens (including phenoxy) is 2. The fourth-order valence-corrected chi connectivity index (χ4v) is 3.37. The molecule has 0 aliphatic rings. The zero-order valence-corrected chi connectivity index (χ0v) is 17.8. The number of fused-ring (bicyclic) bond motifs is 1. The molecule has 0 unspecified atom stereocenters. The second-order valence-electron chi connectivity index (χ2n) is 6.49. The van der Waals surface area contributed by atoms with E-state index in [-0.39, 0.29) is 5.91 Å². The summed E-state index contributed by atoms with van der Waals surface area (Å²) < 4.78 is 13.0. The molecule has 0 spiro atoms. The van der Waals surface area contributed by atoms with Crippen LogP contribution in [0.1, 0.15) is 42.5 Å². The second kappa shape index (κ2) is 9.65. The Morgan fingerprint density at radius 2 is 1.86 bits per heavy atom.